The summed E-state index contributed by atoms with van der Waals surface area (Å²) in [5.74, 6) is 0. The Balaban J connectivity index is 1.45. The van der Waals surface area contributed by atoms with E-state index in [1.165, 1.54) is 122 Å². The molecular formula is C60H60P4. The Bertz CT molecular complexity index is 2630. The van der Waals surface area contributed by atoms with Crippen molar-refractivity contribution in [3.8, 4) is 44.5 Å². The number of rotatable bonds is 8. The Morgan fingerprint density at radius 3 is 0.672 bits per heavy atom. The Morgan fingerprint density at radius 2 is 0.453 bits per heavy atom. The van der Waals surface area contributed by atoms with Crippen molar-refractivity contribution in [1.29, 1.82) is 0 Å². The molecule has 1 fully saturated rings. The van der Waals surface area contributed by atoms with Gasteiger partial charge in [-0.05, 0) is 212 Å². The molecular weight excluding hydrogens is 845 g/mol. The van der Waals surface area contributed by atoms with Gasteiger partial charge in [-0.3, -0.25) is 0 Å². The smallest absolute Gasteiger partial charge is 0.00162 e. The van der Waals surface area contributed by atoms with Gasteiger partial charge in [-0.15, -0.1) is 0 Å². The van der Waals surface area contributed by atoms with E-state index in [2.05, 4.69) is 229 Å². The van der Waals surface area contributed by atoms with E-state index in [0.29, 0.717) is 0 Å². The van der Waals surface area contributed by atoms with Crippen LogP contribution in [0, 0.1) is 83.1 Å². The van der Waals surface area contributed by atoms with Crippen molar-refractivity contribution in [1.82, 2.24) is 0 Å². The Morgan fingerprint density at radius 1 is 0.234 bits per heavy atom. The van der Waals surface area contributed by atoms with E-state index in [-0.39, 0.29) is 0 Å². The molecule has 64 heavy (non-hydrogen) atoms. The minimum absolute atomic E-state index is 0.705. The first-order valence-corrected chi connectivity index (χ1v) is 30.8. The summed E-state index contributed by atoms with van der Waals surface area (Å²) in [6.07, 6.45) is 0. The molecule has 1 aliphatic rings. The highest BCUT2D eigenvalue weighted by Gasteiger charge is 2.55. The molecule has 0 saturated carbocycles. The number of benzene rings is 8. The molecule has 0 radical (unpaired) electrons. The lowest BCUT2D eigenvalue weighted by molar-refractivity contribution is 1.31. The molecule has 0 unspecified atom stereocenters. The molecule has 1 saturated heterocycles. The highest BCUT2D eigenvalue weighted by Crippen LogP contribution is 3.18. The lowest BCUT2D eigenvalue weighted by atomic mass is 9.89. The van der Waals surface area contributed by atoms with Crippen LogP contribution in [-0.2, 0) is 0 Å². The first kappa shape index (κ1) is 44.7. The molecule has 0 spiro atoms. The van der Waals surface area contributed by atoms with Gasteiger partial charge in [0.2, 0.25) is 0 Å². The van der Waals surface area contributed by atoms with Crippen LogP contribution in [0.25, 0.3) is 44.5 Å². The summed E-state index contributed by atoms with van der Waals surface area (Å²) < 4.78 is 0. The third kappa shape index (κ3) is 7.99. The second kappa shape index (κ2) is 18.0. The lowest BCUT2D eigenvalue weighted by Gasteiger charge is -2.55. The molecule has 0 N–H and O–H groups in total. The van der Waals surface area contributed by atoms with Crippen molar-refractivity contribution < 1.29 is 0 Å². The van der Waals surface area contributed by atoms with Crippen molar-refractivity contribution in [2.45, 2.75) is 83.1 Å². The SMILES string of the molecule is Cc1cc(C)c(-c2cccc(-c3c(C)cc(C)cc3C)c2P2P(c3ccccc3)P(c3c(-c4c(C)cc(C)cc4C)cccc3-c3c(C)cc(C)cc3C)P2c2ccccc2)c(C)c1. The molecule has 0 aromatic heterocycles. The summed E-state index contributed by atoms with van der Waals surface area (Å²) in [7, 11) is -2.88. The molecule has 0 nitrogen and oxygen atoms in total. The first-order chi connectivity index (χ1) is 30.7. The zero-order chi connectivity index (χ0) is 45.1. The van der Waals surface area contributed by atoms with Crippen LogP contribution in [0.15, 0.2) is 146 Å². The van der Waals surface area contributed by atoms with E-state index in [1.807, 2.05) is 0 Å². The van der Waals surface area contributed by atoms with Gasteiger partial charge in [0.25, 0.3) is 0 Å². The zero-order valence-electron chi connectivity index (χ0n) is 39.6. The predicted octanol–water partition coefficient (Wildman–Crippen LogP) is 17.3. The molecule has 0 amide bonds. The summed E-state index contributed by atoms with van der Waals surface area (Å²) in [4.78, 5) is 0. The topological polar surface area (TPSA) is 0 Å². The lowest BCUT2D eigenvalue weighted by Crippen LogP contribution is -2.23. The van der Waals surface area contributed by atoms with Gasteiger partial charge >= 0.3 is 0 Å². The van der Waals surface area contributed by atoms with Gasteiger partial charge in [0.1, 0.15) is 0 Å². The van der Waals surface area contributed by atoms with Crippen LogP contribution in [0.2, 0.25) is 0 Å². The van der Waals surface area contributed by atoms with E-state index < -0.39 is 29.2 Å². The second-order valence-electron chi connectivity index (χ2n) is 18.3. The maximum Gasteiger partial charge on any atom is 0.00162 e. The van der Waals surface area contributed by atoms with Crippen molar-refractivity contribution in [3.05, 3.63) is 212 Å². The standard InChI is InChI=1S/C60H60P4/c1-37-29-41(5)55(42(6)30-37)51-25-19-26-52(56-43(7)31-38(2)32-44(56)8)59(51)63-61(49-21-15-13-16-22-49)64(62(63)50-23-17-14-18-24-50)60-53(57-45(9)33-39(3)34-46(57)10)27-20-28-54(60)58-47(11)35-40(4)36-48(58)12/h13-36H,1-12H3. The van der Waals surface area contributed by atoms with Crippen LogP contribution in [0.5, 0.6) is 0 Å². The van der Waals surface area contributed by atoms with E-state index in [4.69, 9.17) is 0 Å². The van der Waals surface area contributed by atoms with E-state index >= 15 is 0 Å². The highest BCUT2D eigenvalue weighted by molar-refractivity contribution is 9.13. The molecule has 320 valence electrons. The van der Waals surface area contributed by atoms with Crippen molar-refractivity contribution in [2.24, 2.45) is 0 Å². The summed E-state index contributed by atoms with van der Waals surface area (Å²) in [6.45, 7) is 27.7. The van der Waals surface area contributed by atoms with Gasteiger partial charge in [0.15, 0.2) is 0 Å². The number of hydrogen-bond acceptors (Lipinski definition) is 0. The summed E-state index contributed by atoms with van der Waals surface area (Å²) in [6, 6.07) is 57.6. The number of aryl methyl sites for hydroxylation is 12. The van der Waals surface area contributed by atoms with Gasteiger partial charge in [0, 0.05) is 10.6 Å². The molecule has 8 aromatic carbocycles. The second-order valence-corrected chi connectivity index (χ2v) is 36.0. The van der Waals surface area contributed by atoms with Crippen molar-refractivity contribution in [2.75, 3.05) is 0 Å². The van der Waals surface area contributed by atoms with Gasteiger partial charge in [-0.2, -0.15) is 0 Å². The maximum absolute atomic E-state index is 2.49. The third-order valence-corrected chi connectivity index (χ3v) is 45.1. The summed E-state index contributed by atoms with van der Waals surface area (Å²) in [5, 5.41) is 6.29. The molecule has 0 atom stereocenters. The Kier molecular flexibility index (Phi) is 12.6. The normalized spacial score (nSPS) is 17.1. The van der Waals surface area contributed by atoms with Crippen LogP contribution in [0.4, 0.5) is 0 Å². The predicted molar refractivity (Wildman–Crippen MR) is 291 cm³/mol. The number of hydrogen-bond donors (Lipinski definition) is 0. The van der Waals surface area contributed by atoms with Crippen LogP contribution in [0.3, 0.4) is 0 Å². The summed E-state index contributed by atoms with van der Waals surface area (Å²) >= 11 is 0. The van der Waals surface area contributed by atoms with Gasteiger partial charge < -0.3 is 0 Å². The van der Waals surface area contributed by atoms with Crippen LogP contribution in [0.1, 0.15) is 66.8 Å². The fourth-order valence-electron chi connectivity index (χ4n) is 11.0. The largest absolute Gasteiger partial charge is 0.0622 e. The van der Waals surface area contributed by atoms with Crippen molar-refractivity contribution >= 4 is 50.4 Å². The Hall–Kier alpha value is -4.52. The molecule has 0 aliphatic carbocycles. The van der Waals surface area contributed by atoms with E-state index in [0.717, 1.165) is 0 Å². The average Bonchev–Trinajstić information content (AvgIpc) is 3.21. The monoisotopic (exact) mass is 904 g/mol. The minimum Gasteiger partial charge on any atom is -0.0622 e. The Labute approximate surface area is 388 Å². The fourth-order valence-corrected chi connectivity index (χ4v) is 49.4. The maximum atomic E-state index is 2.49. The highest BCUT2D eigenvalue weighted by atomic mass is 33.0. The fraction of sp³-hybridized carbons (Fsp3) is 0.200. The third-order valence-electron chi connectivity index (χ3n) is 12.9. The van der Waals surface area contributed by atoms with E-state index in [9.17, 15) is 0 Å². The summed E-state index contributed by atoms with van der Waals surface area (Å²) in [5.41, 5.74) is 27.6. The van der Waals surface area contributed by atoms with E-state index in [1.54, 1.807) is 10.6 Å². The van der Waals surface area contributed by atoms with Gasteiger partial charge in [-0.1, -0.05) is 168 Å². The molecule has 1 heterocycles. The van der Waals surface area contributed by atoms with Crippen LogP contribution >= 0.6 is 29.2 Å². The van der Waals surface area contributed by atoms with Crippen LogP contribution < -0.4 is 21.2 Å². The minimum atomic E-state index is -0.734. The van der Waals surface area contributed by atoms with Crippen molar-refractivity contribution in [3.63, 3.8) is 0 Å². The molecule has 9 rings (SSSR count). The molecule has 1 aliphatic heterocycles. The first-order valence-electron chi connectivity index (χ1n) is 22.6. The van der Waals surface area contributed by atoms with Gasteiger partial charge in [0.05, 0.1) is 0 Å². The van der Waals surface area contributed by atoms with Gasteiger partial charge in [-0.25, -0.2) is 0 Å². The van der Waals surface area contributed by atoms with Crippen LogP contribution in [-0.4, -0.2) is 0 Å². The molecule has 8 aromatic rings. The average molecular weight is 905 g/mol. The molecule has 4 heteroatoms. The molecule has 0 bridgehead atoms. The zero-order valence-corrected chi connectivity index (χ0v) is 43.2. The quantitative estimate of drug-likeness (QED) is 0.133.